The minimum absolute atomic E-state index is 0.0446. The lowest BCUT2D eigenvalue weighted by Gasteiger charge is -2.28. The number of hydrogen-bond donors (Lipinski definition) is 0. The van der Waals surface area contributed by atoms with Crippen molar-refractivity contribution in [2.75, 3.05) is 47.5 Å². The predicted molar refractivity (Wildman–Crippen MR) is 332 cm³/mol. The second-order valence-corrected chi connectivity index (χ2v) is 23.4. The van der Waals surface area contributed by atoms with Crippen LogP contribution in [0.1, 0.15) is 258 Å². The van der Waals surface area contributed by atoms with Gasteiger partial charge in [0.05, 0.1) is 27.7 Å². The molecule has 10 heteroatoms. The van der Waals surface area contributed by atoms with Crippen LogP contribution in [0.5, 0.6) is 0 Å². The first-order valence-electron chi connectivity index (χ1n) is 31.6. The van der Waals surface area contributed by atoms with E-state index in [0.717, 1.165) is 83.5 Å². The van der Waals surface area contributed by atoms with Crippen molar-refractivity contribution in [1.82, 2.24) is 0 Å². The molecule has 0 amide bonds. The average Bonchev–Trinajstić information content (AvgIpc) is 3.41. The largest absolute Gasteiger partial charge is 0.756 e. The number of rotatable bonds is 57. The molecule has 0 aliphatic heterocycles. The van der Waals surface area contributed by atoms with Gasteiger partial charge < -0.3 is 27.9 Å². The van der Waals surface area contributed by atoms with E-state index in [4.69, 9.17) is 18.5 Å². The summed E-state index contributed by atoms with van der Waals surface area (Å²) in [5.41, 5.74) is 0. The fourth-order valence-electron chi connectivity index (χ4n) is 8.43. The van der Waals surface area contributed by atoms with Crippen molar-refractivity contribution in [2.24, 2.45) is 0 Å². The smallest absolute Gasteiger partial charge is 0.306 e. The van der Waals surface area contributed by atoms with Crippen LogP contribution in [0.15, 0.2) is 109 Å². The number of allylic oxidation sites excluding steroid dienone is 18. The molecular weight excluding hydrogens is 990 g/mol. The lowest BCUT2D eigenvalue weighted by Crippen LogP contribution is -2.37. The van der Waals surface area contributed by atoms with Crippen LogP contribution in [0.4, 0.5) is 0 Å². The van der Waals surface area contributed by atoms with Gasteiger partial charge >= 0.3 is 11.9 Å². The number of carbonyl (C=O) groups excluding carboxylic acids is 2. The van der Waals surface area contributed by atoms with E-state index in [2.05, 4.69) is 123 Å². The van der Waals surface area contributed by atoms with Crippen LogP contribution < -0.4 is 4.89 Å². The Kier molecular flexibility index (Phi) is 55.8. The first-order chi connectivity index (χ1) is 38.0. The third-order valence-corrected chi connectivity index (χ3v) is 14.2. The van der Waals surface area contributed by atoms with Crippen LogP contribution >= 0.6 is 7.82 Å². The molecule has 0 N–H and O–H groups in total. The van der Waals surface area contributed by atoms with E-state index in [1.165, 1.54) is 141 Å². The first kappa shape index (κ1) is 74.7. The lowest BCUT2D eigenvalue weighted by atomic mass is 10.0. The molecule has 0 radical (unpaired) electrons. The van der Waals surface area contributed by atoms with Gasteiger partial charge in [0, 0.05) is 12.8 Å². The first-order valence-corrected chi connectivity index (χ1v) is 33.1. The minimum Gasteiger partial charge on any atom is -0.756 e. The number of phosphoric ester groups is 1. The number of phosphoric acid groups is 1. The Morgan fingerprint density at radius 2 is 0.731 bits per heavy atom. The molecule has 0 aliphatic carbocycles. The summed E-state index contributed by atoms with van der Waals surface area (Å²) in [7, 11) is 1.13. The summed E-state index contributed by atoms with van der Waals surface area (Å²) >= 11 is 0. The van der Waals surface area contributed by atoms with Crippen molar-refractivity contribution >= 4 is 19.8 Å². The van der Waals surface area contributed by atoms with E-state index in [0.29, 0.717) is 17.4 Å². The number of hydrogen-bond acceptors (Lipinski definition) is 8. The second kappa shape index (κ2) is 58.3. The van der Waals surface area contributed by atoms with E-state index < -0.39 is 32.5 Å². The quantitative estimate of drug-likeness (QED) is 0.0195. The zero-order chi connectivity index (χ0) is 57.0. The maximum absolute atomic E-state index is 12.8. The summed E-state index contributed by atoms with van der Waals surface area (Å²) in [6.45, 7) is 4.08. The van der Waals surface area contributed by atoms with Crippen molar-refractivity contribution in [3.05, 3.63) is 109 Å². The number of unbranched alkanes of at least 4 members (excludes halogenated alkanes) is 25. The molecule has 9 nitrogen and oxygen atoms in total. The van der Waals surface area contributed by atoms with Crippen molar-refractivity contribution in [3.63, 3.8) is 0 Å². The average molecular weight is 1110 g/mol. The van der Waals surface area contributed by atoms with E-state index in [9.17, 15) is 19.0 Å². The molecule has 0 aromatic carbocycles. The number of ether oxygens (including phenoxy) is 2. The molecule has 0 saturated heterocycles. The molecule has 0 rings (SSSR count). The topological polar surface area (TPSA) is 111 Å². The molecule has 0 bridgehead atoms. The van der Waals surface area contributed by atoms with Gasteiger partial charge in [0.2, 0.25) is 0 Å². The third-order valence-electron chi connectivity index (χ3n) is 13.3. The molecule has 0 fully saturated rings. The van der Waals surface area contributed by atoms with Crippen molar-refractivity contribution in [3.8, 4) is 0 Å². The standard InChI is InChI=1S/C68H118NO8P/c1-6-8-10-12-14-16-18-20-22-24-26-28-30-32-34-36-38-40-42-44-46-48-50-52-54-56-58-60-67(70)74-64-66(65-76-78(72,73)75-63-62-69(3,4)5)77-68(71)61-59-57-55-53-51-49-47-45-43-41-39-37-35-33-31-29-27-25-23-21-19-17-15-13-11-9-7-2/h9,11,15,17,21,23-24,26-27,29,33,35,39,41,45,47,51,53,66H,6-8,10,12-14,16,18-20,22,25,28,30-32,34,36-38,40,42-44,46,48-50,52,54-65H2,1-5H3/b11-9-,17-15-,23-21-,26-24-,29-27-,35-33-,41-39-,47-45-,53-51-. The Bertz CT molecular complexity index is 1680. The van der Waals surface area contributed by atoms with Crippen molar-refractivity contribution < 1.29 is 42.1 Å². The maximum atomic E-state index is 12.8. The third kappa shape index (κ3) is 61.9. The Hall–Kier alpha value is -3.33. The van der Waals surface area contributed by atoms with E-state index in [1.807, 2.05) is 21.1 Å². The van der Waals surface area contributed by atoms with Gasteiger partial charge in [0.25, 0.3) is 7.82 Å². The molecule has 448 valence electrons. The highest BCUT2D eigenvalue weighted by atomic mass is 31.2. The number of carbonyl (C=O) groups is 2. The van der Waals surface area contributed by atoms with Gasteiger partial charge in [-0.05, 0) is 103 Å². The number of quaternary nitrogens is 1. The molecule has 0 aromatic heterocycles. The van der Waals surface area contributed by atoms with Crippen molar-refractivity contribution in [2.45, 2.75) is 264 Å². The molecule has 0 aliphatic rings. The van der Waals surface area contributed by atoms with Gasteiger partial charge in [0.1, 0.15) is 19.8 Å². The summed E-state index contributed by atoms with van der Waals surface area (Å²) in [5, 5.41) is 0. The monoisotopic (exact) mass is 1110 g/mol. The summed E-state index contributed by atoms with van der Waals surface area (Å²) < 4.78 is 34.2. The summed E-state index contributed by atoms with van der Waals surface area (Å²) in [4.78, 5) is 37.9. The Labute approximate surface area is 480 Å². The van der Waals surface area contributed by atoms with E-state index in [1.54, 1.807) is 0 Å². The second-order valence-electron chi connectivity index (χ2n) is 22.0. The molecule has 78 heavy (non-hydrogen) atoms. The van der Waals surface area contributed by atoms with Crippen LogP contribution in [0.25, 0.3) is 0 Å². The fourth-order valence-corrected chi connectivity index (χ4v) is 9.16. The Morgan fingerprint density at radius 3 is 1.13 bits per heavy atom. The lowest BCUT2D eigenvalue weighted by molar-refractivity contribution is -0.870. The summed E-state index contributed by atoms with van der Waals surface area (Å²) in [5.74, 6) is -0.885. The summed E-state index contributed by atoms with van der Waals surface area (Å²) in [6.07, 6.45) is 81.5. The van der Waals surface area contributed by atoms with Gasteiger partial charge in [-0.15, -0.1) is 0 Å². The van der Waals surface area contributed by atoms with Crippen LogP contribution in [0, 0.1) is 0 Å². The molecule has 0 spiro atoms. The zero-order valence-electron chi connectivity index (χ0n) is 50.8. The Morgan fingerprint density at radius 1 is 0.410 bits per heavy atom. The molecule has 0 heterocycles. The highest BCUT2D eigenvalue weighted by Gasteiger charge is 2.22. The minimum atomic E-state index is -4.66. The van der Waals surface area contributed by atoms with Gasteiger partial charge in [0.15, 0.2) is 6.10 Å². The SMILES string of the molecule is CC/C=C\C/C=C\C/C=C\C/C=C\C/C=C\C/C=C\C/C=C\C/C=C\CCCCC(=O)OC(COC(=O)CCCCCCCCCCCCCCCCC/C=C\CCCCCCCCCC)COP(=O)([O-])OCC[N+](C)(C)C. The van der Waals surface area contributed by atoms with Crippen LogP contribution in [-0.2, 0) is 32.7 Å². The number of nitrogens with zero attached hydrogens (tertiary/aromatic N) is 1. The van der Waals surface area contributed by atoms with Crippen LogP contribution in [0.3, 0.4) is 0 Å². The predicted octanol–water partition coefficient (Wildman–Crippen LogP) is 19.5. The zero-order valence-corrected chi connectivity index (χ0v) is 51.7. The number of esters is 2. The molecular formula is C68H118NO8P. The van der Waals surface area contributed by atoms with Gasteiger partial charge in [-0.25, -0.2) is 0 Å². The highest BCUT2D eigenvalue weighted by Crippen LogP contribution is 2.38. The highest BCUT2D eigenvalue weighted by molar-refractivity contribution is 7.45. The molecule has 2 unspecified atom stereocenters. The van der Waals surface area contributed by atoms with Gasteiger partial charge in [-0.3, -0.25) is 14.2 Å². The Balaban J connectivity index is 4.22. The van der Waals surface area contributed by atoms with Crippen LogP contribution in [-0.4, -0.2) is 70.0 Å². The van der Waals surface area contributed by atoms with E-state index >= 15 is 0 Å². The van der Waals surface area contributed by atoms with Crippen molar-refractivity contribution in [1.29, 1.82) is 0 Å². The molecule has 0 aromatic rings. The van der Waals surface area contributed by atoms with Gasteiger partial charge in [-0.1, -0.05) is 252 Å². The fraction of sp³-hybridized carbons (Fsp3) is 0.706. The van der Waals surface area contributed by atoms with E-state index in [-0.39, 0.29) is 26.1 Å². The van der Waals surface area contributed by atoms with Gasteiger partial charge in [-0.2, -0.15) is 0 Å². The maximum Gasteiger partial charge on any atom is 0.306 e. The molecule has 0 saturated carbocycles. The molecule has 2 atom stereocenters. The summed E-state index contributed by atoms with van der Waals surface area (Å²) in [6, 6.07) is 0. The number of likely N-dealkylation sites (N-methyl/N-ethyl adjacent to an activating group) is 1. The van der Waals surface area contributed by atoms with Crippen LogP contribution in [0.2, 0.25) is 0 Å². The normalized spacial score (nSPS) is 14.0.